The van der Waals surface area contributed by atoms with Crippen LogP contribution in [0.25, 0.3) is 22.3 Å². The largest absolute Gasteiger partial charge is 0.0447 e. The van der Waals surface area contributed by atoms with Crippen molar-refractivity contribution in [2.45, 2.75) is 138 Å². The van der Waals surface area contributed by atoms with E-state index < -0.39 is 0 Å². The molecule has 0 atom stereocenters. The summed E-state index contributed by atoms with van der Waals surface area (Å²) in [5.74, 6) is 0. The zero-order valence-corrected chi connectivity index (χ0v) is 32.0. The molecule has 0 amide bonds. The Kier molecular flexibility index (Phi) is 10.2. The third-order valence-corrected chi connectivity index (χ3v) is 12.5. The lowest BCUT2D eigenvalue weighted by Gasteiger charge is -2.25. The molecule has 44 heavy (non-hydrogen) atoms. The van der Waals surface area contributed by atoms with Crippen molar-refractivity contribution in [3.05, 3.63) is 111 Å². The Labute approximate surface area is 271 Å². The highest BCUT2D eigenvalue weighted by molar-refractivity contribution is 5.82. The van der Waals surface area contributed by atoms with Crippen molar-refractivity contribution in [3.8, 4) is 22.3 Å². The minimum Gasteiger partial charge on any atom is -0.0447 e. The zero-order chi connectivity index (χ0) is 33.9. The summed E-state index contributed by atoms with van der Waals surface area (Å²) in [5.41, 5.74) is 34.6. The van der Waals surface area contributed by atoms with Crippen LogP contribution < -0.4 is 0 Å². The predicted octanol–water partition coefficient (Wildman–Crippen LogP) is 12.9. The molecular formula is C44H60. The number of rotatable bonds is 2. The summed E-state index contributed by atoms with van der Waals surface area (Å²) in [6.07, 6.45) is 0. The smallest absolute Gasteiger partial charge is 0.0114 e. The lowest BCUT2D eigenvalue weighted by molar-refractivity contribution is 1.14. The summed E-state index contributed by atoms with van der Waals surface area (Å²) in [4.78, 5) is 0. The maximum atomic E-state index is 2.29. The average Bonchev–Trinajstić information content (AvgIpc) is 3.00. The monoisotopic (exact) mass is 588 g/mol. The van der Waals surface area contributed by atoms with E-state index in [1.54, 1.807) is 0 Å². The van der Waals surface area contributed by atoms with Gasteiger partial charge in [-0.3, -0.25) is 0 Å². The molecule has 0 radical (unpaired) electrons. The first-order valence-corrected chi connectivity index (χ1v) is 16.5. The van der Waals surface area contributed by atoms with Gasteiger partial charge in [0.2, 0.25) is 0 Å². The summed E-state index contributed by atoms with van der Waals surface area (Å²) in [6, 6.07) is 0. The lowest BCUT2D eigenvalue weighted by atomic mass is 9.80. The second kappa shape index (κ2) is 12.7. The normalized spacial score (nSPS) is 11.2. The fourth-order valence-corrected chi connectivity index (χ4v) is 7.50. The standard InChI is InChI=1S/2C22H30/c2*1-11-13(3)17(7)21(18(8)14(11)4)22-19(9)15(5)12(2)16(6)20(22)10/h2*1-10H3. The molecule has 0 aromatic heterocycles. The van der Waals surface area contributed by atoms with E-state index in [9.17, 15) is 0 Å². The fraction of sp³-hybridized carbons (Fsp3) is 0.455. The molecule has 0 fully saturated rings. The first-order valence-electron chi connectivity index (χ1n) is 16.5. The van der Waals surface area contributed by atoms with Crippen molar-refractivity contribution in [3.63, 3.8) is 0 Å². The van der Waals surface area contributed by atoms with Crippen LogP contribution in [0, 0.1) is 138 Å². The molecule has 4 aromatic rings. The van der Waals surface area contributed by atoms with E-state index in [1.165, 1.54) is 134 Å². The molecule has 236 valence electrons. The van der Waals surface area contributed by atoms with Gasteiger partial charge in [0.25, 0.3) is 0 Å². The Morgan fingerprint density at radius 1 is 0.114 bits per heavy atom. The average molecular weight is 589 g/mol. The van der Waals surface area contributed by atoms with Gasteiger partial charge in [-0.25, -0.2) is 0 Å². The van der Waals surface area contributed by atoms with Gasteiger partial charge >= 0.3 is 0 Å². The van der Waals surface area contributed by atoms with Crippen LogP contribution in [0.2, 0.25) is 0 Å². The van der Waals surface area contributed by atoms with E-state index in [0.29, 0.717) is 0 Å². The Hall–Kier alpha value is -3.12. The molecule has 0 heteroatoms. The van der Waals surface area contributed by atoms with E-state index >= 15 is 0 Å². The summed E-state index contributed by atoms with van der Waals surface area (Å²) < 4.78 is 0. The molecule has 0 aliphatic carbocycles. The van der Waals surface area contributed by atoms with Gasteiger partial charge in [-0.1, -0.05) is 0 Å². The van der Waals surface area contributed by atoms with Gasteiger partial charge in [0.1, 0.15) is 0 Å². The molecular weight excluding hydrogens is 528 g/mol. The van der Waals surface area contributed by atoms with E-state index in [2.05, 4.69) is 138 Å². The molecule has 0 aliphatic rings. The number of hydrogen-bond donors (Lipinski definition) is 0. The Bertz CT molecular complexity index is 1430. The van der Waals surface area contributed by atoms with Crippen LogP contribution in [-0.4, -0.2) is 0 Å². The Morgan fingerprint density at radius 2 is 0.182 bits per heavy atom. The first-order chi connectivity index (χ1) is 20.2. The molecule has 0 bridgehead atoms. The predicted molar refractivity (Wildman–Crippen MR) is 198 cm³/mol. The molecule has 0 unspecified atom stereocenters. The Balaban J connectivity index is 0.000000240. The van der Waals surface area contributed by atoms with Gasteiger partial charge < -0.3 is 0 Å². The van der Waals surface area contributed by atoms with E-state index in [1.807, 2.05) is 0 Å². The van der Waals surface area contributed by atoms with E-state index in [0.717, 1.165) is 0 Å². The molecule has 0 spiro atoms. The van der Waals surface area contributed by atoms with Gasteiger partial charge in [-0.05, 0) is 272 Å². The van der Waals surface area contributed by atoms with Crippen LogP contribution in [-0.2, 0) is 0 Å². The summed E-state index contributed by atoms with van der Waals surface area (Å²) in [7, 11) is 0. The first kappa shape index (κ1) is 35.4. The number of hydrogen-bond acceptors (Lipinski definition) is 0. The molecule has 0 heterocycles. The zero-order valence-electron chi connectivity index (χ0n) is 32.0. The summed E-state index contributed by atoms with van der Waals surface area (Å²) >= 11 is 0. The molecule has 0 aliphatic heterocycles. The third kappa shape index (κ3) is 5.48. The lowest BCUT2D eigenvalue weighted by Crippen LogP contribution is -2.05. The van der Waals surface area contributed by atoms with Gasteiger partial charge in [0.15, 0.2) is 0 Å². The number of benzene rings is 4. The van der Waals surface area contributed by atoms with Crippen LogP contribution in [0.5, 0.6) is 0 Å². The van der Waals surface area contributed by atoms with Gasteiger partial charge in [-0.15, -0.1) is 0 Å². The third-order valence-electron chi connectivity index (χ3n) is 12.5. The molecule has 4 rings (SSSR count). The summed E-state index contributed by atoms with van der Waals surface area (Å²) in [6.45, 7) is 45.4. The van der Waals surface area contributed by atoms with Crippen molar-refractivity contribution in [2.75, 3.05) is 0 Å². The van der Waals surface area contributed by atoms with E-state index in [4.69, 9.17) is 0 Å². The van der Waals surface area contributed by atoms with Crippen molar-refractivity contribution >= 4 is 0 Å². The van der Waals surface area contributed by atoms with Crippen LogP contribution in [0.3, 0.4) is 0 Å². The molecule has 0 nitrogen and oxygen atoms in total. The molecule has 0 N–H and O–H groups in total. The fourth-order valence-electron chi connectivity index (χ4n) is 7.50. The van der Waals surface area contributed by atoms with Crippen molar-refractivity contribution in [1.29, 1.82) is 0 Å². The molecule has 0 saturated carbocycles. The van der Waals surface area contributed by atoms with Crippen LogP contribution in [0.15, 0.2) is 0 Å². The quantitative estimate of drug-likeness (QED) is 0.218. The van der Waals surface area contributed by atoms with Gasteiger partial charge in [0, 0.05) is 0 Å². The SMILES string of the molecule is Cc1c(C)c(C)c(-c2c(C)c(C)c(C)c(C)c2C)c(C)c1C.Cc1c(C)c(C)c(-c2c(C)c(C)c(C)c(C)c2C)c(C)c1C. The van der Waals surface area contributed by atoms with Crippen molar-refractivity contribution in [2.24, 2.45) is 0 Å². The maximum Gasteiger partial charge on any atom is -0.0114 e. The van der Waals surface area contributed by atoms with Gasteiger partial charge in [-0.2, -0.15) is 0 Å². The maximum absolute atomic E-state index is 2.29. The van der Waals surface area contributed by atoms with Gasteiger partial charge in [0.05, 0.1) is 0 Å². The van der Waals surface area contributed by atoms with Crippen LogP contribution in [0.1, 0.15) is 111 Å². The van der Waals surface area contributed by atoms with Crippen molar-refractivity contribution in [1.82, 2.24) is 0 Å². The van der Waals surface area contributed by atoms with Crippen molar-refractivity contribution < 1.29 is 0 Å². The highest BCUT2D eigenvalue weighted by atomic mass is 14.3. The van der Waals surface area contributed by atoms with Crippen LogP contribution >= 0.6 is 0 Å². The van der Waals surface area contributed by atoms with Crippen LogP contribution in [0.4, 0.5) is 0 Å². The Morgan fingerprint density at radius 3 is 0.273 bits per heavy atom. The van der Waals surface area contributed by atoms with E-state index in [-0.39, 0.29) is 0 Å². The molecule has 4 aromatic carbocycles. The minimum absolute atomic E-state index is 1.44. The minimum atomic E-state index is 1.44. The second-order valence-corrected chi connectivity index (χ2v) is 14.0. The second-order valence-electron chi connectivity index (χ2n) is 14.0. The highest BCUT2D eigenvalue weighted by Crippen LogP contribution is 2.42. The topological polar surface area (TPSA) is 0 Å². The summed E-state index contributed by atoms with van der Waals surface area (Å²) in [5, 5.41) is 0. The molecule has 0 saturated heterocycles. The highest BCUT2D eigenvalue weighted by Gasteiger charge is 2.21.